The Hall–Kier alpha value is -1.86. The molecule has 1 aliphatic carbocycles. The summed E-state index contributed by atoms with van der Waals surface area (Å²) in [4.78, 5) is 14.5. The van der Waals surface area contributed by atoms with Crippen molar-refractivity contribution in [1.82, 2.24) is 10.2 Å². The van der Waals surface area contributed by atoms with Crippen molar-refractivity contribution in [2.24, 2.45) is 0 Å². The SMILES string of the molecule is N#Cc1ccc(CC(=O)NC2CCN(C3CC3)C2)cc1. The van der Waals surface area contributed by atoms with Gasteiger partial charge in [0.05, 0.1) is 18.1 Å². The molecule has 20 heavy (non-hydrogen) atoms. The van der Waals surface area contributed by atoms with E-state index >= 15 is 0 Å². The highest BCUT2D eigenvalue weighted by atomic mass is 16.1. The largest absolute Gasteiger partial charge is 0.352 e. The number of rotatable bonds is 4. The third-order valence-electron chi connectivity index (χ3n) is 4.10. The second kappa shape index (κ2) is 5.64. The van der Waals surface area contributed by atoms with Gasteiger partial charge in [-0.05, 0) is 37.0 Å². The van der Waals surface area contributed by atoms with Crippen molar-refractivity contribution in [1.29, 1.82) is 5.26 Å². The molecule has 4 heteroatoms. The van der Waals surface area contributed by atoms with E-state index in [1.807, 2.05) is 12.1 Å². The minimum atomic E-state index is 0.0809. The van der Waals surface area contributed by atoms with Gasteiger partial charge in [-0.1, -0.05) is 12.1 Å². The molecule has 104 valence electrons. The van der Waals surface area contributed by atoms with E-state index in [1.54, 1.807) is 12.1 Å². The van der Waals surface area contributed by atoms with Crippen LogP contribution in [0.25, 0.3) is 0 Å². The average molecular weight is 269 g/mol. The first-order valence-electron chi connectivity index (χ1n) is 7.27. The maximum Gasteiger partial charge on any atom is 0.224 e. The zero-order valence-electron chi connectivity index (χ0n) is 11.5. The van der Waals surface area contributed by atoms with Crippen LogP contribution in [0.1, 0.15) is 30.4 Å². The number of amides is 1. The van der Waals surface area contributed by atoms with E-state index in [2.05, 4.69) is 16.3 Å². The number of hydrogen-bond acceptors (Lipinski definition) is 3. The average Bonchev–Trinajstić information content (AvgIpc) is 3.20. The van der Waals surface area contributed by atoms with E-state index in [9.17, 15) is 4.79 Å². The minimum absolute atomic E-state index is 0.0809. The number of nitriles is 1. The van der Waals surface area contributed by atoms with Gasteiger partial charge in [0.1, 0.15) is 0 Å². The van der Waals surface area contributed by atoms with Crippen LogP contribution >= 0.6 is 0 Å². The molecular formula is C16H19N3O. The summed E-state index contributed by atoms with van der Waals surface area (Å²) in [5.41, 5.74) is 1.59. The van der Waals surface area contributed by atoms with Gasteiger partial charge in [0, 0.05) is 25.2 Å². The zero-order chi connectivity index (χ0) is 13.9. The molecule has 1 aromatic carbocycles. The van der Waals surface area contributed by atoms with Crippen molar-refractivity contribution in [2.75, 3.05) is 13.1 Å². The summed E-state index contributed by atoms with van der Waals surface area (Å²) in [5, 5.41) is 11.9. The van der Waals surface area contributed by atoms with Gasteiger partial charge >= 0.3 is 0 Å². The van der Waals surface area contributed by atoms with Crippen LogP contribution in [0, 0.1) is 11.3 Å². The van der Waals surface area contributed by atoms with Crippen LogP contribution in [0.4, 0.5) is 0 Å². The van der Waals surface area contributed by atoms with E-state index in [-0.39, 0.29) is 5.91 Å². The van der Waals surface area contributed by atoms with Crippen LogP contribution < -0.4 is 5.32 Å². The lowest BCUT2D eigenvalue weighted by Gasteiger charge is -2.15. The standard InChI is InChI=1S/C16H19N3O/c17-10-13-3-1-12(2-4-13)9-16(20)18-14-7-8-19(11-14)15-5-6-15/h1-4,14-15H,5-9,11H2,(H,18,20). The molecule has 1 aliphatic heterocycles. The minimum Gasteiger partial charge on any atom is -0.352 e. The van der Waals surface area contributed by atoms with Crippen molar-refractivity contribution in [3.05, 3.63) is 35.4 Å². The van der Waals surface area contributed by atoms with Gasteiger partial charge in [0.25, 0.3) is 0 Å². The normalized spacial score (nSPS) is 22.4. The molecule has 1 aromatic rings. The topological polar surface area (TPSA) is 56.1 Å². The second-order valence-electron chi connectivity index (χ2n) is 5.76. The van der Waals surface area contributed by atoms with Gasteiger partial charge in [0.2, 0.25) is 5.91 Å². The predicted octanol–water partition coefficient (Wildman–Crippen LogP) is 1.45. The van der Waals surface area contributed by atoms with Crippen LogP contribution in [0.5, 0.6) is 0 Å². The van der Waals surface area contributed by atoms with E-state index < -0.39 is 0 Å². The van der Waals surface area contributed by atoms with Crippen molar-refractivity contribution >= 4 is 5.91 Å². The number of benzene rings is 1. The Labute approximate surface area is 119 Å². The summed E-state index contributed by atoms with van der Waals surface area (Å²) in [6.07, 6.45) is 4.11. The van der Waals surface area contributed by atoms with Gasteiger partial charge in [0.15, 0.2) is 0 Å². The lowest BCUT2D eigenvalue weighted by Crippen LogP contribution is -2.38. The smallest absolute Gasteiger partial charge is 0.224 e. The molecule has 3 rings (SSSR count). The summed E-state index contributed by atoms with van der Waals surface area (Å²) >= 11 is 0. The van der Waals surface area contributed by atoms with Gasteiger partial charge in [-0.3, -0.25) is 9.69 Å². The van der Waals surface area contributed by atoms with Crippen molar-refractivity contribution in [2.45, 2.75) is 37.8 Å². The van der Waals surface area contributed by atoms with E-state index in [1.165, 1.54) is 12.8 Å². The summed E-state index contributed by atoms with van der Waals surface area (Å²) in [7, 11) is 0. The summed E-state index contributed by atoms with van der Waals surface area (Å²) < 4.78 is 0. The molecule has 0 bridgehead atoms. The van der Waals surface area contributed by atoms with Crippen LogP contribution in [0.3, 0.4) is 0 Å². The van der Waals surface area contributed by atoms with Crippen LogP contribution in [-0.4, -0.2) is 36.0 Å². The van der Waals surface area contributed by atoms with Crippen molar-refractivity contribution in [3.8, 4) is 6.07 Å². The maximum atomic E-state index is 12.0. The third kappa shape index (κ3) is 3.17. The molecule has 1 saturated carbocycles. The number of carbonyl (C=O) groups excluding carboxylic acids is 1. The molecule has 4 nitrogen and oxygen atoms in total. The Morgan fingerprint density at radius 1 is 1.30 bits per heavy atom. The third-order valence-corrected chi connectivity index (χ3v) is 4.10. The van der Waals surface area contributed by atoms with E-state index in [0.717, 1.165) is 31.1 Å². The molecule has 0 aromatic heterocycles. The number of hydrogen-bond donors (Lipinski definition) is 1. The fraction of sp³-hybridized carbons (Fsp3) is 0.500. The molecule has 1 N–H and O–H groups in total. The van der Waals surface area contributed by atoms with Crippen molar-refractivity contribution in [3.63, 3.8) is 0 Å². The first-order valence-corrected chi connectivity index (χ1v) is 7.27. The Bertz CT molecular complexity index is 528. The molecule has 1 unspecified atom stereocenters. The first-order chi connectivity index (χ1) is 9.74. The zero-order valence-corrected chi connectivity index (χ0v) is 11.5. The molecule has 2 aliphatic rings. The van der Waals surface area contributed by atoms with Gasteiger partial charge in [-0.25, -0.2) is 0 Å². The Balaban J connectivity index is 1.48. The van der Waals surface area contributed by atoms with E-state index in [0.29, 0.717) is 18.0 Å². The van der Waals surface area contributed by atoms with Gasteiger partial charge in [-0.2, -0.15) is 5.26 Å². The Morgan fingerprint density at radius 2 is 2.05 bits per heavy atom. The van der Waals surface area contributed by atoms with Crippen LogP contribution in [-0.2, 0) is 11.2 Å². The quantitative estimate of drug-likeness (QED) is 0.900. The fourth-order valence-electron chi connectivity index (χ4n) is 2.84. The molecule has 2 fully saturated rings. The molecule has 1 amide bonds. The first kappa shape index (κ1) is 13.1. The summed E-state index contributed by atoms with van der Waals surface area (Å²) in [6, 6.07) is 10.4. The Kier molecular flexibility index (Phi) is 3.70. The van der Waals surface area contributed by atoms with Crippen LogP contribution in [0.15, 0.2) is 24.3 Å². The Morgan fingerprint density at radius 3 is 2.70 bits per heavy atom. The summed E-state index contributed by atoms with van der Waals surface area (Å²) in [5.74, 6) is 0.0809. The van der Waals surface area contributed by atoms with Gasteiger partial charge in [-0.15, -0.1) is 0 Å². The molecular weight excluding hydrogens is 250 g/mol. The van der Waals surface area contributed by atoms with Crippen LogP contribution in [0.2, 0.25) is 0 Å². The molecule has 1 heterocycles. The number of likely N-dealkylation sites (tertiary alicyclic amines) is 1. The van der Waals surface area contributed by atoms with E-state index in [4.69, 9.17) is 5.26 Å². The molecule has 0 spiro atoms. The number of nitrogens with one attached hydrogen (secondary N) is 1. The number of carbonyl (C=O) groups is 1. The molecule has 1 atom stereocenters. The van der Waals surface area contributed by atoms with Gasteiger partial charge < -0.3 is 5.32 Å². The second-order valence-corrected chi connectivity index (χ2v) is 5.76. The highest BCUT2D eigenvalue weighted by molar-refractivity contribution is 5.79. The summed E-state index contributed by atoms with van der Waals surface area (Å²) in [6.45, 7) is 2.12. The highest BCUT2D eigenvalue weighted by Gasteiger charge is 2.34. The monoisotopic (exact) mass is 269 g/mol. The van der Waals surface area contributed by atoms with Crippen molar-refractivity contribution < 1.29 is 4.79 Å². The highest BCUT2D eigenvalue weighted by Crippen LogP contribution is 2.29. The maximum absolute atomic E-state index is 12.0. The molecule has 1 saturated heterocycles. The molecule has 0 radical (unpaired) electrons. The number of nitrogens with zero attached hydrogens (tertiary/aromatic N) is 2. The lowest BCUT2D eigenvalue weighted by molar-refractivity contribution is -0.121. The fourth-order valence-corrected chi connectivity index (χ4v) is 2.84. The predicted molar refractivity (Wildman–Crippen MR) is 76.0 cm³/mol. The lowest BCUT2D eigenvalue weighted by atomic mass is 10.1.